The van der Waals surface area contributed by atoms with Gasteiger partial charge in [0.05, 0.1) is 7.11 Å². The van der Waals surface area contributed by atoms with Gasteiger partial charge in [-0.1, -0.05) is 12.1 Å². The van der Waals surface area contributed by atoms with Crippen molar-refractivity contribution in [2.45, 2.75) is 12.8 Å². The number of carbonyl (C=O) groups excluding carboxylic acids is 1. The molecule has 1 aliphatic rings. The van der Waals surface area contributed by atoms with Crippen molar-refractivity contribution >= 4 is 18.2 Å². The topological polar surface area (TPSA) is 38.3 Å². The highest BCUT2D eigenvalue weighted by Gasteiger charge is 2.22. The van der Waals surface area contributed by atoms with Crippen molar-refractivity contribution in [3.63, 3.8) is 0 Å². The van der Waals surface area contributed by atoms with Crippen molar-refractivity contribution in [1.82, 2.24) is 5.32 Å². The molecule has 0 radical (unpaired) electrons. The van der Waals surface area contributed by atoms with E-state index in [0.717, 1.165) is 37.2 Å². The van der Waals surface area contributed by atoms with Crippen molar-refractivity contribution in [2.24, 2.45) is 5.92 Å². The van der Waals surface area contributed by atoms with Crippen molar-refractivity contribution in [2.75, 3.05) is 20.2 Å². The Morgan fingerprint density at radius 1 is 1.35 bits per heavy atom. The minimum Gasteiger partial charge on any atom is -0.497 e. The van der Waals surface area contributed by atoms with Gasteiger partial charge in [0.2, 0.25) is 0 Å². The van der Waals surface area contributed by atoms with Gasteiger partial charge >= 0.3 is 0 Å². The van der Waals surface area contributed by atoms with E-state index in [9.17, 15) is 4.79 Å². The van der Waals surface area contributed by atoms with E-state index >= 15 is 0 Å². The van der Waals surface area contributed by atoms with Crippen LogP contribution in [0, 0.1) is 5.92 Å². The summed E-state index contributed by atoms with van der Waals surface area (Å²) in [6, 6.07) is 7.42. The average Bonchev–Trinajstić information content (AvgIpc) is 2.39. The highest BCUT2D eigenvalue weighted by Crippen LogP contribution is 2.20. The van der Waals surface area contributed by atoms with Crippen molar-refractivity contribution in [3.05, 3.63) is 29.8 Å². The molecule has 1 aromatic rings. The summed E-state index contributed by atoms with van der Waals surface area (Å²) in [4.78, 5) is 12.2. The Bertz CT molecular complexity index is 375. The van der Waals surface area contributed by atoms with E-state index in [2.05, 4.69) is 5.32 Å². The first-order valence-electron chi connectivity index (χ1n) is 5.70. The van der Waals surface area contributed by atoms with Gasteiger partial charge in [0.15, 0.2) is 5.78 Å². The molecular formula is C13H18ClNO2. The smallest absolute Gasteiger partial charge is 0.166 e. The zero-order valence-electron chi connectivity index (χ0n) is 9.94. The van der Waals surface area contributed by atoms with E-state index in [1.165, 1.54) is 0 Å². The third kappa shape index (κ3) is 3.45. The van der Waals surface area contributed by atoms with Gasteiger partial charge in [-0.05, 0) is 38.1 Å². The van der Waals surface area contributed by atoms with Crippen LogP contribution in [0.1, 0.15) is 23.2 Å². The monoisotopic (exact) mass is 255 g/mol. The molecule has 1 aliphatic heterocycles. The van der Waals surface area contributed by atoms with Gasteiger partial charge in [0, 0.05) is 11.5 Å². The van der Waals surface area contributed by atoms with Crippen LogP contribution < -0.4 is 10.1 Å². The predicted molar refractivity (Wildman–Crippen MR) is 70.2 cm³/mol. The third-order valence-corrected chi connectivity index (χ3v) is 3.06. The molecule has 1 N–H and O–H groups in total. The molecule has 2 rings (SSSR count). The lowest BCUT2D eigenvalue weighted by molar-refractivity contribution is 0.0895. The lowest BCUT2D eigenvalue weighted by Crippen LogP contribution is -2.31. The highest BCUT2D eigenvalue weighted by molar-refractivity contribution is 5.98. The van der Waals surface area contributed by atoms with Crippen LogP contribution in [0.5, 0.6) is 5.75 Å². The van der Waals surface area contributed by atoms with E-state index in [4.69, 9.17) is 4.74 Å². The number of benzene rings is 1. The predicted octanol–water partition coefficient (Wildman–Crippen LogP) is 2.30. The molecule has 0 amide bonds. The summed E-state index contributed by atoms with van der Waals surface area (Å²) in [6.45, 7) is 1.89. The van der Waals surface area contributed by atoms with Crippen LogP contribution in [0.4, 0.5) is 0 Å². The molecule has 3 nitrogen and oxygen atoms in total. The van der Waals surface area contributed by atoms with Gasteiger partial charge in [-0.15, -0.1) is 12.4 Å². The SMILES string of the molecule is COc1cccc(C(=O)C2CCNCC2)c1.Cl. The molecule has 1 fully saturated rings. The Kier molecular flexibility index (Phi) is 5.45. The molecule has 0 saturated carbocycles. The fraction of sp³-hybridized carbons (Fsp3) is 0.462. The number of methoxy groups -OCH3 is 1. The zero-order chi connectivity index (χ0) is 11.4. The molecule has 0 aliphatic carbocycles. The first kappa shape index (κ1) is 14.0. The Morgan fingerprint density at radius 2 is 2.06 bits per heavy atom. The summed E-state index contributed by atoms with van der Waals surface area (Å²) in [5, 5.41) is 3.27. The average molecular weight is 256 g/mol. The maximum absolute atomic E-state index is 12.2. The van der Waals surface area contributed by atoms with Crippen molar-refractivity contribution < 1.29 is 9.53 Å². The van der Waals surface area contributed by atoms with Crippen LogP contribution >= 0.6 is 12.4 Å². The number of Topliss-reactive ketones (excluding diaryl/α,β-unsaturated/α-hetero) is 1. The van der Waals surface area contributed by atoms with Gasteiger partial charge < -0.3 is 10.1 Å². The lowest BCUT2D eigenvalue weighted by Gasteiger charge is -2.21. The van der Waals surface area contributed by atoms with Crippen molar-refractivity contribution in [1.29, 1.82) is 0 Å². The Morgan fingerprint density at radius 3 is 2.71 bits per heavy atom. The highest BCUT2D eigenvalue weighted by atomic mass is 35.5. The number of carbonyl (C=O) groups is 1. The molecule has 0 bridgehead atoms. The second kappa shape index (κ2) is 6.62. The molecule has 17 heavy (non-hydrogen) atoms. The second-order valence-corrected chi connectivity index (χ2v) is 4.12. The standard InChI is InChI=1S/C13H17NO2.ClH/c1-16-12-4-2-3-11(9-12)13(15)10-5-7-14-8-6-10;/h2-4,9-10,14H,5-8H2,1H3;1H. The van der Waals surface area contributed by atoms with Crippen LogP contribution in [-0.4, -0.2) is 26.0 Å². The van der Waals surface area contributed by atoms with Crippen LogP contribution in [0.25, 0.3) is 0 Å². The minimum atomic E-state index is 0. The van der Waals surface area contributed by atoms with Crippen LogP contribution in [0.15, 0.2) is 24.3 Å². The molecule has 94 valence electrons. The maximum Gasteiger partial charge on any atom is 0.166 e. The molecule has 1 heterocycles. The first-order chi connectivity index (χ1) is 7.81. The Hall–Kier alpha value is -1.06. The summed E-state index contributed by atoms with van der Waals surface area (Å²) in [5.41, 5.74) is 0.770. The molecule has 1 aromatic carbocycles. The van der Waals surface area contributed by atoms with Gasteiger partial charge in [0.1, 0.15) is 5.75 Å². The fourth-order valence-electron chi connectivity index (χ4n) is 2.10. The van der Waals surface area contributed by atoms with E-state index in [1.807, 2.05) is 24.3 Å². The number of ether oxygens (including phenoxy) is 1. The fourth-order valence-corrected chi connectivity index (χ4v) is 2.10. The van der Waals surface area contributed by atoms with Crippen LogP contribution in [0.3, 0.4) is 0 Å². The van der Waals surface area contributed by atoms with Gasteiger partial charge in [-0.3, -0.25) is 4.79 Å². The quantitative estimate of drug-likeness (QED) is 0.843. The summed E-state index contributed by atoms with van der Waals surface area (Å²) < 4.78 is 5.13. The summed E-state index contributed by atoms with van der Waals surface area (Å²) >= 11 is 0. The molecule has 4 heteroatoms. The summed E-state index contributed by atoms with van der Waals surface area (Å²) in [7, 11) is 1.62. The van der Waals surface area contributed by atoms with Gasteiger partial charge in [-0.2, -0.15) is 0 Å². The number of hydrogen-bond acceptors (Lipinski definition) is 3. The van der Waals surface area contributed by atoms with Crippen LogP contribution in [0.2, 0.25) is 0 Å². The second-order valence-electron chi connectivity index (χ2n) is 4.12. The number of rotatable bonds is 3. The molecule has 0 unspecified atom stereocenters. The Labute approximate surface area is 108 Å². The number of ketones is 1. The molecular weight excluding hydrogens is 238 g/mol. The minimum absolute atomic E-state index is 0. The third-order valence-electron chi connectivity index (χ3n) is 3.06. The molecule has 0 aromatic heterocycles. The molecule has 0 atom stereocenters. The van der Waals surface area contributed by atoms with Crippen molar-refractivity contribution in [3.8, 4) is 5.75 Å². The molecule has 0 spiro atoms. The van der Waals surface area contributed by atoms with E-state index < -0.39 is 0 Å². The summed E-state index contributed by atoms with van der Waals surface area (Å²) in [5.74, 6) is 1.17. The molecule has 1 saturated heterocycles. The van der Waals surface area contributed by atoms with E-state index in [1.54, 1.807) is 7.11 Å². The van der Waals surface area contributed by atoms with Crippen LogP contribution in [-0.2, 0) is 0 Å². The number of hydrogen-bond donors (Lipinski definition) is 1. The number of piperidine rings is 1. The van der Waals surface area contributed by atoms with Gasteiger partial charge in [0.25, 0.3) is 0 Å². The lowest BCUT2D eigenvalue weighted by atomic mass is 9.89. The Balaban J connectivity index is 0.00000144. The number of nitrogens with one attached hydrogen (secondary N) is 1. The first-order valence-corrected chi connectivity index (χ1v) is 5.70. The zero-order valence-corrected chi connectivity index (χ0v) is 10.8. The normalized spacial score (nSPS) is 16.1. The number of halogens is 1. The summed E-state index contributed by atoms with van der Waals surface area (Å²) in [6.07, 6.45) is 1.88. The van der Waals surface area contributed by atoms with E-state index in [0.29, 0.717) is 0 Å². The largest absolute Gasteiger partial charge is 0.497 e. The van der Waals surface area contributed by atoms with Gasteiger partial charge in [-0.25, -0.2) is 0 Å². The van der Waals surface area contributed by atoms with E-state index in [-0.39, 0.29) is 24.1 Å². The maximum atomic E-state index is 12.2.